The zero-order valence-electron chi connectivity index (χ0n) is 7.81. The van der Waals surface area contributed by atoms with E-state index in [1.165, 1.54) is 12.4 Å². The van der Waals surface area contributed by atoms with Gasteiger partial charge in [0, 0.05) is 12.4 Å². The van der Waals surface area contributed by atoms with Crippen LogP contribution in [-0.4, -0.2) is 15.4 Å². The fourth-order valence-corrected chi connectivity index (χ4v) is 1.20. The number of nitrogens with zero attached hydrogens (tertiary/aromatic N) is 4. The van der Waals surface area contributed by atoms with Crippen LogP contribution >= 0.6 is 11.6 Å². The standard InChI is InChI=1S/C9H8ClN5/c10-1-2-15-6-14-8(9(15)13)3-7(4-11)5-12/h3,6H,1-2,13H2. The van der Waals surface area contributed by atoms with E-state index in [1.54, 1.807) is 16.7 Å². The lowest BCUT2D eigenvalue weighted by atomic mass is 10.2. The zero-order chi connectivity index (χ0) is 11.3. The molecule has 1 aromatic heterocycles. The number of anilines is 1. The van der Waals surface area contributed by atoms with Gasteiger partial charge in [-0.1, -0.05) is 0 Å². The van der Waals surface area contributed by atoms with Gasteiger partial charge in [0.25, 0.3) is 0 Å². The third-order valence-electron chi connectivity index (χ3n) is 1.76. The molecule has 0 amide bonds. The molecule has 5 nitrogen and oxygen atoms in total. The number of aromatic nitrogens is 2. The molecule has 1 heterocycles. The van der Waals surface area contributed by atoms with Crippen LogP contribution in [0.25, 0.3) is 6.08 Å². The molecule has 0 unspecified atom stereocenters. The number of rotatable bonds is 3. The highest BCUT2D eigenvalue weighted by Crippen LogP contribution is 2.13. The quantitative estimate of drug-likeness (QED) is 0.612. The Morgan fingerprint density at radius 1 is 1.60 bits per heavy atom. The van der Waals surface area contributed by atoms with Crippen molar-refractivity contribution in [2.45, 2.75) is 6.54 Å². The maximum absolute atomic E-state index is 8.55. The minimum Gasteiger partial charge on any atom is -0.383 e. The number of alkyl halides is 1. The molecule has 76 valence electrons. The van der Waals surface area contributed by atoms with Crippen LogP contribution in [0.5, 0.6) is 0 Å². The van der Waals surface area contributed by atoms with Gasteiger partial charge < -0.3 is 10.3 Å². The van der Waals surface area contributed by atoms with Crippen LogP contribution in [-0.2, 0) is 6.54 Å². The summed E-state index contributed by atoms with van der Waals surface area (Å²) in [7, 11) is 0. The average Bonchev–Trinajstić information content (AvgIpc) is 2.58. The molecule has 0 aromatic carbocycles. The van der Waals surface area contributed by atoms with E-state index in [0.717, 1.165) is 0 Å². The van der Waals surface area contributed by atoms with Gasteiger partial charge in [0.2, 0.25) is 0 Å². The maximum Gasteiger partial charge on any atom is 0.131 e. The fourth-order valence-electron chi connectivity index (χ4n) is 1.01. The number of allylic oxidation sites excluding steroid dienone is 1. The van der Waals surface area contributed by atoms with E-state index >= 15 is 0 Å². The number of aryl methyl sites for hydroxylation is 1. The first kappa shape index (κ1) is 11.1. The van der Waals surface area contributed by atoms with Crippen LogP contribution in [0.2, 0.25) is 0 Å². The topological polar surface area (TPSA) is 91.4 Å². The monoisotopic (exact) mass is 221 g/mol. The Labute approximate surface area is 92.0 Å². The second kappa shape index (κ2) is 5.04. The number of imidazole rings is 1. The number of nitrogen functional groups attached to an aromatic ring is 1. The van der Waals surface area contributed by atoms with Gasteiger partial charge in [-0.05, 0) is 6.08 Å². The van der Waals surface area contributed by atoms with Crippen LogP contribution in [0.1, 0.15) is 5.69 Å². The Balaban J connectivity index is 3.04. The second-order valence-corrected chi connectivity index (χ2v) is 3.06. The molecule has 0 saturated carbocycles. The Hall–Kier alpha value is -1.98. The third kappa shape index (κ3) is 2.49. The Bertz CT molecular complexity index is 444. The van der Waals surface area contributed by atoms with Gasteiger partial charge in [-0.3, -0.25) is 0 Å². The van der Waals surface area contributed by atoms with Crippen molar-refractivity contribution in [2.75, 3.05) is 11.6 Å². The largest absolute Gasteiger partial charge is 0.383 e. The molecule has 1 rings (SSSR count). The van der Waals surface area contributed by atoms with Gasteiger partial charge >= 0.3 is 0 Å². The highest BCUT2D eigenvalue weighted by molar-refractivity contribution is 6.17. The molecular formula is C9H8ClN5. The lowest BCUT2D eigenvalue weighted by Crippen LogP contribution is -2.03. The number of hydrogen-bond donors (Lipinski definition) is 1. The van der Waals surface area contributed by atoms with Crippen molar-refractivity contribution in [3.8, 4) is 12.1 Å². The minimum absolute atomic E-state index is 0.0298. The molecule has 0 aliphatic heterocycles. The van der Waals surface area contributed by atoms with Gasteiger partial charge in [-0.15, -0.1) is 11.6 Å². The van der Waals surface area contributed by atoms with E-state index in [9.17, 15) is 0 Å². The Morgan fingerprint density at radius 2 is 2.27 bits per heavy atom. The summed E-state index contributed by atoms with van der Waals surface area (Å²) in [5.41, 5.74) is 6.11. The predicted molar refractivity (Wildman–Crippen MR) is 56.6 cm³/mol. The van der Waals surface area contributed by atoms with Gasteiger partial charge in [0.15, 0.2) is 0 Å². The number of nitrogens with two attached hydrogens (primary N) is 1. The molecule has 0 aliphatic carbocycles. The van der Waals surface area contributed by atoms with Crippen LogP contribution in [0, 0.1) is 22.7 Å². The first-order valence-electron chi connectivity index (χ1n) is 4.11. The van der Waals surface area contributed by atoms with Crippen LogP contribution in [0.15, 0.2) is 11.9 Å². The molecule has 0 aliphatic rings. The third-order valence-corrected chi connectivity index (χ3v) is 1.92. The summed E-state index contributed by atoms with van der Waals surface area (Å²) in [4.78, 5) is 3.97. The van der Waals surface area contributed by atoms with E-state index in [-0.39, 0.29) is 5.57 Å². The molecule has 0 atom stereocenters. The Kier molecular flexibility index (Phi) is 3.73. The van der Waals surface area contributed by atoms with E-state index in [4.69, 9.17) is 27.9 Å². The van der Waals surface area contributed by atoms with Crippen molar-refractivity contribution in [1.29, 1.82) is 10.5 Å². The minimum atomic E-state index is -0.0298. The van der Waals surface area contributed by atoms with Crippen molar-refractivity contribution in [3.05, 3.63) is 17.6 Å². The smallest absolute Gasteiger partial charge is 0.131 e. The highest BCUT2D eigenvalue weighted by atomic mass is 35.5. The Morgan fingerprint density at radius 3 is 2.80 bits per heavy atom. The van der Waals surface area contributed by atoms with Gasteiger partial charge in [-0.25, -0.2) is 4.98 Å². The number of halogens is 1. The summed E-state index contributed by atoms with van der Waals surface area (Å²) in [5.74, 6) is 0.825. The van der Waals surface area contributed by atoms with Crippen molar-refractivity contribution >= 4 is 23.5 Å². The molecule has 0 bridgehead atoms. The summed E-state index contributed by atoms with van der Waals surface area (Å²) in [5, 5.41) is 17.1. The SMILES string of the molecule is N#CC(C#N)=Cc1ncn(CCCl)c1N. The van der Waals surface area contributed by atoms with Crippen LogP contribution < -0.4 is 5.73 Å². The first-order valence-corrected chi connectivity index (χ1v) is 4.64. The molecule has 1 aromatic rings. The molecule has 0 radical (unpaired) electrons. The van der Waals surface area contributed by atoms with Crippen LogP contribution in [0.3, 0.4) is 0 Å². The van der Waals surface area contributed by atoms with E-state index < -0.39 is 0 Å². The number of hydrogen-bond acceptors (Lipinski definition) is 4. The molecular weight excluding hydrogens is 214 g/mol. The summed E-state index contributed by atoms with van der Waals surface area (Å²) in [6.45, 7) is 0.544. The average molecular weight is 222 g/mol. The normalized spacial score (nSPS) is 9.00. The lowest BCUT2D eigenvalue weighted by Gasteiger charge is -2.00. The first-order chi connectivity index (χ1) is 7.22. The van der Waals surface area contributed by atoms with E-state index in [0.29, 0.717) is 23.9 Å². The van der Waals surface area contributed by atoms with Gasteiger partial charge in [0.05, 0.1) is 6.33 Å². The fraction of sp³-hybridized carbons (Fsp3) is 0.222. The summed E-state index contributed by atoms with van der Waals surface area (Å²) < 4.78 is 1.66. The molecule has 0 fully saturated rings. The lowest BCUT2D eigenvalue weighted by molar-refractivity contribution is 0.777. The van der Waals surface area contributed by atoms with Gasteiger partial charge in [0.1, 0.15) is 29.2 Å². The van der Waals surface area contributed by atoms with E-state index in [2.05, 4.69) is 4.98 Å². The summed E-state index contributed by atoms with van der Waals surface area (Å²) in [6.07, 6.45) is 2.87. The maximum atomic E-state index is 8.55. The molecule has 0 saturated heterocycles. The molecule has 6 heteroatoms. The molecule has 2 N–H and O–H groups in total. The van der Waals surface area contributed by atoms with Crippen molar-refractivity contribution in [3.63, 3.8) is 0 Å². The zero-order valence-corrected chi connectivity index (χ0v) is 8.57. The highest BCUT2D eigenvalue weighted by Gasteiger charge is 2.05. The van der Waals surface area contributed by atoms with Crippen molar-refractivity contribution in [1.82, 2.24) is 9.55 Å². The van der Waals surface area contributed by atoms with Gasteiger partial charge in [-0.2, -0.15) is 10.5 Å². The molecule has 0 spiro atoms. The van der Waals surface area contributed by atoms with Crippen molar-refractivity contribution < 1.29 is 0 Å². The summed E-state index contributed by atoms with van der Waals surface area (Å²) >= 11 is 5.55. The van der Waals surface area contributed by atoms with E-state index in [1.807, 2.05) is 0 Å². The summed E-state index contributed by atoms with van der Waals surface area (Å²) in [6, 6.07) is 3.48. The number of nitriles is 2. The molecule has 15 heavy (non-hydrogen) atoms. The van der Waals surface area contributed by atoms with Crippen LogP contribution in [0.4, 0.5) is 5.82 Å². The van der Waals surface area contributed by atoms with Crippen molar-refractivity contribution in [2.24, 2.45) is 0 Å². The predicted octanol–water partition coefficient (Wildman–Crippen LogP) is 1.13. The second-order valence-electron chi connectivity index (χ2n) is 2.68.